The molecule has 0 saturated carbocycles. The number of unbranched alkanes of at least 4 members (excludes halogenated alkanes) is 1. The van der Waals surface area contributed by atoms with Gasteiger partial charge in [-0.3, -0.25) is 0 Å². The summed E-state index contributed by atoms with van der Waals surface area (Å²) in [5, 5.41) is 0. The van der Waals surface area contributed by atoms with E-state index in [9.17, 15) is 0 Å². The van der Waals surface area contributed by atoms with E-state index in [0.717, 1.165) is 25.0 Å². The van der Waals surface area contributed by atoms with Gasteiger partial charge in [0.2, 0.25) is 4.61 Å². The first-order valence-electron chi connectivity index (χ1n) is 4.18. The third-order valence-corrected chi connectivity index (χ3v) is 5.36. The maximum atomic E-state index is 4.33. The molecule has 74 valence electrons. The number of nitrogens with zero attached hydrogens (tertiary/aromatic N) is 2. The Morgan fingerprint density at radius 2 is 1.92 bits per heavy atom. The molecule has 0 fully saturated rings. The summed E-state index contributed by atoms with van der Waals surface area (Å²) in [6, 6.07) is 0. The molecule has 0 spiro atoms. The van der Waals surface area contributed by atoms with Gasteiger partial charge in [-0.05, 0) is 22.4 Å². The standard InChI is InChI=1S/C8H12Br3N2/c1-3-4-5-13(2)7(10)6(9)12-8(13)11/h3-5H2,1-2H3/q+1. The van der Waals surface area contributed by atoms with Crippen LogP contribution in [0.2, 0.25) is 0 Å². The Kier molecular flexibility index (Phi) is 4.16. The van der Waals surface area contributed by atoms with Crippen LogP contribution in [0.25, 0.3) is 0 Å². The molecule has 0 bridgehead atoms. The predicted octanol–water partition coefficient (Wildman–Crippen LogP) is 3.91. The lowest BCUT2D eigenvalue weighted by atomic mass is 10.3. The summed E-state index contributed by atoms with van der Waals surface area (Å²) < 4.78 is 3.67. The smallest absolute Gasteiger partial charge is 0.230 e. The van der Waals surface area contributed by atoms with Crippen LogP contribution in [0, 0.1) is 0 Å². The number of hydrogen-bond donors (Lipinski definition) is 0. The minimum Gasteiger partial charge on any atom is -0.230 e. The molecule has 0 radical (unpaired) electrons. The van der Waals surface area contributed by atoms with Gasteiger partial charge >= 0.3 is 0 Å². The topological polar surface area (TPSA) is 12.4 Å². The van der Waals surface area contributed by atoms with Crippen molar-refractivity contribution in [2.24, 2.45) is 4.99 Å². The van der Waals surface area contributed by atoms with E-state index in [0.29, 0.717) is 0 Å². The Hall–Kier alpha value is 0.810. The van der Waals surface area contributed by atoms with Crippen molar-refractivity contribution in [3.8, 4) is 0 Å². The van der Waals surface area contributed by atoms with Gasteiger partial charge in [0.25, 0.3) is 4.74 Å². The molecule has 0 amide bonds. The van der Waals surface area contributed by atoms with Crippen LogP contribution in [-0.2, 0) is 0 Å². The summed E-state index contributed by atoms with van der Waals surface area (Å²) in [4.78, 5) is 4.33. The van der Waals surface area contributed by atoms with Crippen molar-refractivity contribution in [3.05, 3.63) is 9.21 Å². The van der Waals surface area contributed by atoms with Crippen LogP contribution in [0.1, 0.15) is 19.8 Å². The largest absolute Gasteiger partial charge is 0.277 e. The first kappa shape index (κ1) is 11.9. The number of aliphatic imine (C=N–C) groups is 1. The average molecular weight is 376 g/mol. The highest BCUT2D eigenvalue weighted by atomic mass is 79.9. The molecular formula is C8H12Br3N2+. The van der Waals surface area contributed by atoms with Crippen molar-refractivity contribution < 1.29 is 4.48 Å². The van der Waals surface area contributed by atoms with Gasteiger partial charge in [-0.25, -0.2) is 4.48 Å². The number of amidine groups is 1. The van der Waals surface area contributed by atoms with Crippen LogP contribution in [0.15, 0.2) is 14.2 Å². The van der Waals surface area contributed by atoms with Crippen molar-refractivity contribution in [1.29, 1.82) is 0 Å². The predicted molar refractivity (Wildman–Crippen MR) is 67.2 cm³/mol. The zero-order valence-electron chi connectivity index (χ0n) is 7.65. The van der Waals surface area contributed by atoms with Crippen molar-refractivity contribution >= 4 is 52.5 Å². The molecule has 1 rings (SSSR count). The molecule has 2 nitrogen and oxygen atoms in total. The first-order valence-corrected chi connectivity index (χ1v) is 6.56. The highest BCUT2D eigenvalue weighted by molar-refractivity contribution is 9.18. The van der Waals surface area contributed by atoms with E-state index in [1.807, 2.05) is 0 Å². The van der Waals surface area contributed by atoms with Gasteiger partial charge in [0.15, 0.2) is 4.61 Å². The Morgan fingerprint density at radius 3 is 2.31 bits per heavy atom. The lowest BCUT2D eigenvalue weighted by Gasteiger charge is -2.27. The molecule has 1 unspecified atom stereocenters. The van der Waals surface area contributed by atoms with Gasteiger partial charge in [-0.2, -0.15) is 4.99 Å². The molecular weight excluding hydrogens is 364 g/mol. The Bertz CT molecular complexity index is 273. The molecule has 0 aliphatic carbocycles. The quantitative estimate of drug-likeness (QED) is 0.524. The molecule has 0 N–H and O–H groups in total. The van der Waals surface area contributed by atoms with E-state index in [1.165, 1.54) is 12.8 Å². The van der Waals surface area contributed by atoms with Gasteiger partial charge < -0.3 is 0 Å². The molecule has 0 aromatic heterocycles. The number of halogens is 3. The molecule has 5 heteroatoms. The maximum Gasteiger partial charge on any atom is 0.277 e. The second-order valence-electron chi connectivity index (χ2n) is 3.23. The van der Waals surface area contributed by atoms with E-state index in [4.69, 9.17) is 0 Å². The fraction of sp³-hybridized carbons (Fsp3) is 0.625. The number of quaternary nitrogens is 1. The summed E-state index contributed by atoms with van der Waals surface area (Å²) in [5.74, 6) is 0. The van der Waals surface area contributed by atoms with Crippen molar-refractivity contribution in [1.82, 2.24) is 0 Å². The van der Waals surface area contributed by atoms with Crippen molar-refractivity contribution in [3.63, 3.8) is 0 Å². The number of hydrogen-bond acceptors (Lipinski definition) is 1. The lowest BCUT2D eigenvalue weighted by Crippen LogP contribution is -2.42. The van der Waals surface area contributed by atoms with Crippen LogP contribution in [0.4, 0.5) is 0 Å². The number of rotatable bonds is 3. The Balaban J connectivity index is 2.84. The van der Waals surface area contributed by atoms with Gasteiger partial charge in [0.05, 0.1) is 13.6 Å². The molecule has 1 heterocycles. The summed E-state index contributed by atoms with van der Waals surface area (Å²) in [5.41, 5.74) is 0. The second-order valence-corrected chi connectivity index (χ2v) is 5.44. The zero-order valence-corrected chi connectivity index (χ0v) is 12.4. The highest BCUT2D eigenvalue weighted by Gasteiger charge is 2.38. The van der Waals surface area contributed by atoms with Crippen LogP contribution >= 0.6 is 47.8 Å². The van der Waals surface area contributed by atoms with Gasteiger partial charge in [0, 0.05) is 31.9 Å². The minimum atomic E-state index is 0.731. The Morgan fingerprint density at radius 1 is 1.31 bits per heavy atom. The second kappa shape index (κ2) is 4.55. The highest BCUT2D eigenvalue weighted by Crippen LogP contribution is 2.37. The normalized spacial score (nSPS) is 28.2. The molecule has 1 aliphatic rings. The van der Waals surface area contributed by atoms with Crippen LogP contribution < -0.4 is 0 Å². The van der Waals surface area contributed by atoms with E-state index in [2.05, 4.69) is 66.8 Å². The average Bonchev–Trinajstić information content (AvgIpc) is 2.28. The monoisotopic (exact) mass is 373 g/mol. The summed E-state index contributed by atoms with van der Waals surface area (Å²) in [6.07, 6.45) is 2.39. The summed E-state index contributed by atoms with van der Waals surface area (Å²) in [6.45, 7) is 3.26. The summed E-state index contributed by atoms with van der Waals surface area (Å²) in [7, 11) is 2.14. The minimum absolute atomic E-state index is 0.731. The van der Waals surface area contributed by atoms with Crippen molar-refractivity contribution in [2.45, 2.75) is 19.8 Å². The van der Waals surface area contributed by atoms with Crippen molar-refractivity contribution in [2.75, 3.05) is 13.6 Å². The molecule has 0 aromatic carbocycles. The fourth-order valence-corrected chi connectivity index (χ4v) is 3.19. The maximum absolute atomic E-state index is 4.33. The molecule has 0 saturated heterocycles. The van der Waals surface area contributed by atoms with Gasteiger partial charge in [-0.15, -0.1) is 0 Å². The Labute approximate surface area is 104 Å². The third-order valence-electron chi connectivity index (χ3n) is 2.16. The van der Waals surface area contributed by atoms with Crippen LogP contribution in [0.5, 0.6) is 0 Å². The fourth-order valence-electron chi connectivity index (χ4n) is 1.19. The first-order chi connectivity index (χ1) is 6.02. The van der Waals surface area contributed by atoms with Crippen LogP contribution in [0.3, 0.4) is 0 Å². The SMILES string of the molecule is CCCC[N+]1(C)C(Br)=NC(Br)=C1Br. The van der Waals surface area contributed by atoms with E-state index < -0.39 is 0 Å². The molecule has 1 atom stereocenters. The molecule has 13 heavy (non-hydrogen) atoms. The summed E-state index contributed by atoms with van der Waals surface area (Å²) >= 11 is 10.5. The molecule has 0 aromatic rings. The third kappa shape index (κ3) is 2.25. The van der Waals surface area contributed by atoms with Gasteiger partial charge in [-0.1, -0.05) is 13.3 Å². The van der Waals surface area contributed by atoms with E-state index >= 15 is 0 Å². The van der Waals surface area contributed by atoms with E-state index in [1.54, 1.807) is 0 Å². The zero-order chi connectivity index (χ0) is 10.1. The van der Waals surface area contributed by atoms with Gasteiger partial charge in [0.1, 0.15) is 0 Å². The lowest BCUT2D eigenvalue weighted by molar-refractivity contribution is -0.764. The molecule has 1 aliphatic heterocycles. The van der Waals surface area contributed by atoms with Crippen LogP contribution in [-0.4, -0.2) is 22.8 Å². The van der Waals surface area contributed by atoms with E-state index in [-0.39, 0.29) is 0 Å².